The Morgan fingerprint density at radius 3 is 2.94 bits per heavy atom. The van der Waals surface area contributed by atoms with Crippen LogP contribution in [0.2, 0.25) is 0 Å². The topological polar surface area (TPSA) is 41.6 Å². The fraction of sp³-hybridized carbons (Fsp3) is 0.273. The Kier molecular flexibility index (Phi) is 2.96. The Labute approximate surface area is 102 Å². The molecule has 5 heteroatoms. The quantitative estimate of drug-likeness (QED) is 0.559. The van der Waals surface area contributed by atoms with E-state index in [-0.39, 0.29) is 0 Å². The summed E-state index contributed by atoms with van der Waals surface area (Å²) in [6.07, 6.45) is 0. The van der Waals surface area contributed by atoms with Gasteiger partial charge in [-0.3, -0.25) is 0 Å². The molecule has 0 aromatic heterocycles. The molecular formula is C11H12BN3S. The monoisotopic (exact) mass is 229 g/mol. The molecule has 0 fully saturated rings. The molecular weight excluding hydrogens is 217 g/mol. The summed E-state index contributed by atoms with van der Waals surface area (Å²) in [6.45, 7) is 2.83. The predicted octanol–water partition coefficient (Wildman–Crippen LogP) is 0.380. The lowest BCUT2D eigenvalue weighted by molar-refractivity contribution is 0.459. The Morgan fingerprint density at radius 1 is 1.62 bits per heavy atom. The minimum Gasteiger partial charge on any atom is -0.375 e. The lowest BCUT2D eigenvalue weighted by atomic mass is 9.91. The summed E-state index contributed by atoms with van der Waals surface area (Å²) in [4.78, 5) is 0. The molecule has 0 spiro atoms. The third-order valence-corrected chi connectivity index (χ3v) is 2.79. The average molecular weight is 229 g/mol. The van der Waals surface area contributed by atoms with Crippen LogP contribution in [-0.4, -0.2) is 30.2 Å². The van der Waals surface area contributed by atoms with Crippen molar-refractivity contribution in [3.8, 4) is 0 Å². The Morgan fingerprint density at radius 2 is 2.38 bits per heavy atom. The molecule has 1 aromatic carbocycles. The van der Waals surface area contributed by atoms with Crippen molar-refractivity contribution in [2.45, 2.75) is 6.92 Å². The van der Waals surface area contributed by atoms with Crippen LogP contribution in [0.25, 0.3) is 0 Å². The number of hydrogen-bond acceptors (Lipinski definition) is 2. The van der Waals surface area contributed by atoms with Gasteiger partial charge in [0.2, 0.25) is 0 Å². The number of nitrogens with two attached hydrogens (primary N) is 1. The maximum atomic E-state index is 5.75. The summed E-state index contributed by atoms with van der Waals surface area (Å²) in [5, 5.41) is 6.37. The lowest BCUT2D eigenvalue weighted by Gasteiger charge is -2.10. The molecule has 0 bridgehead atoms. The van der Waals surface area contributed by atoms with Crippen LogP contribution in [0.5, 0.6) is 0 Å². The van der Waals surface area contributed by atoms with Crippen LogP contribution in [0.15, 0.2) is 29.4 Å². The van der Waals surface area contributed by atoms with Crippen molar-refractivity contribution in [1.29, 1.82) is 0 Å². The summed E-state index contributed by atoms with van der Waals surface area (Å²) < 4.78 is 0. The van der Waals surface area contributed by atoms with Crippen molar-refractivity contribution < 1.29 is 0 Å². The number of hydrogen-bond donors (Lipinski definition) is 1. The highest BCUT2D eigenvalue weighted by Crippen LogP contribution is 2.18. The first-order valence-electron chi connectivity index (χ1n) is 5.09. The molecule has 16 heavy (non-hydrogen) atoms. The molecule has 0 saturated heterocycles. The van der Waals surface area contributed by atoms with E-state index in [2.05, 4.69) is 12.0 Å². The van der Waals surface area contributed by atoms with Gasteiger partial charge in [-0.1, -0.05) is 36.7 Å². The Balaban J connectivity index is 2.34. The molecule has 0 amide bonds. The zero-order valence-corrected chi connectivity index (χ0v) is 9.87. The number of rotatable bonds is 1. The molecule has 1 heterocycles. The minimum atomic E-state index is 0.309. The third-order valence-electron chi connectivity index (χ3n) is 2.58. The van der Waals surface area contributed by atoms with Crippen LogP contribution < -0.4 is 11.2 Å². The highest BCUT2D eigenvalue weighted by molar-refractivity contribution is 7.80. The number of hydrazone groups is 1. The first-order chi connectivity index (χ1) is 7.58. The van der Waals surface area contributed by atoms with Crippen LogP contribution in [0, 0.1) is 5.92 Å². The molecule has 3 nitrogen and oxygen atoms in total. The van der Waals surface area contributed by atoms with Crippen molar-refractivity contribution in [2.75, 3.05) is 6.54 Å². The first kappa shape index (κ1) is 11.1. The van der Waals surface area contributed by atoms with Crippen molar-refractivity contribution in [1.82, 2.24) is 5.01 Å². The lowest BCUT2D eigenvalue weighted by Crippen LogP contribution is -2.30. The number of nitrogens with zero attached hydrogens (tertiary/aromatic N) is 2. The van der Waals surface area contributed by atoms with Crippen molar-refractivity contribution in [3.05, 3.63) is 29.8 Å². The second kappa shape index (κ2) is 4.25. The van der Waals surface area contributed by atoms with E-state index in [0.29, 0.717) is 11.0 Å². The average Bonchev–Trinajstić information content (AvgIpc) is 2.60. The molecule has 1 aliphatic heterocycles. The van der Waals surface area contributed by atoms with E-state index in [1.54, 1.807) is 5.01 Å². The standard InChI is InChI=1S/C11H12BN3S/c1-7-6-15(11(13)16)14-10(7)8-3-2-4-9(12)5-8/h2-5,7H,6H2,1H3,(H2,13,16). The summed E-state index contributed by atoms with van der Waals surface area (Å²) in [5.41, 5.74) is 8.31. The summed E-state index contributed by atoms with van der Waals surface area (Å²) in [5.74, 6) is 0.309. The zero-order chi connectivity index (χ0) is 11.7. The van der Waals surface area contributed by atoms with Gasteiger partial charge >= 0.3 is 0 Å². The van der Waals surface area contributed by atoms with Gasteiger partial charge < -0.3 is 5.73 Å². The van der Waals surface area contributed by atoms with Crippen LogP contribution in [-0.2, 0) is 0 Å². The SMILES string of the molecule is [B]c1cccc(C2=NN(C(N)=S)CC2C)c1. The summed E-state index contributed by atoms with van der Waals surface area (Å²) >= 11 is 4.91. The third kappa shape index (κ3) is 2.09. The van der Waals surface area contributed by atoms with E-state index in [9.17, 15) is 0 Å². The minimum absolute atomic E-state index is 0.309. The normalized spacial score (nSPS) is 19.7. The molecule has 1 unspecified atom stereocenters. The molecule has 0 saturated carbocycles. The molecule has 2 radical (unpaired) electrons. The summed E-state index contributed by atoms with van der Waals surface area (Å²) in [6, 6.07) is 7.69. The predicted molar refractivity (Wildman–Crippen MR) is 71.0 cm³/mol. The second-order valence-corrected chi connectivity index (χ2v) is 4.35. The van der Waals surface area contributed by atoms with Gasteiger partial charge in [0.25, 0.3) is 0 Å². The number of benzene rings is 1. The van der Waals surface area contributed by atoms with Crippen LogP contribution in [0.4, 0.5) is 0 Å². The van der Waals surface area contributed by atoms with Gasteiger partial charge in [-0.15, -0.1) is 0 Å². The maximum Gasteiger partial charge on any atom is 0.186 e. The van der Waals surface area contributed by atoms with E-state index >= 15 is 0 Å². The molecule has 1 atom stereocenters. The van der Waals surface area contributed by atoms with E-state index in [4.69, 9.17) is 25.8 Å². The molecule has 2 N–H and O–H groups in total. The maximum absolute atomic E-state index is 5.75. The van der Waals surface area contributed by atoms with E-state index in [1.807, 2.05) is 24.3 Å². The summed E-state index contributed by atoms with van der Waals surface area (Å²) in [7, 11) is 5.75. The van der Waals surface area contributed by atoms with E-state index in [1.165, 1.54) is 0 Å². The molecule has 1 aromatic rings. The van der Waals surface area contributed by atoms with Gasteiger partial charge in [0.1, 0.15) is 7.85 Å². The van der Waals surface area contributed by atoms with Gasteiger partial charge in [0, 0.05) is 5.92 Å². The van der Waals surface area contributed by atoms with E-state index in [0.717, 1.165) is 23.3 Å². The van der Waals surface area contributed by atoms with Gasteiger partial charge in [0.05, 0.1) is 12.3 Å². The first-order valence-corrected chi connectivity index (χ1v) is 5.50. The van der Waals surface area contributed by atoms with Crippen LogP contribution >= 0.6 is 12.2 Å². The fourth-order valence-electron chi connectivity index (χ4n) is 1.79. The molecule has 0 aliphatic carbocycles. The second-order valence-electron chi connectivity index (χ2n) is 3.93. The van der Waals surface area contributed by atoms with Gasteiger partial charge in [-0.2, -0.15) is 5.10 Å². The Bertz CT molecular complexity index is 458. The number of thiocarbonyl (C=S) groups is 1. The van der Waals surface area contributed by atoms with Crippen molar-refractivity contribution in [3.63, 3.8) is 0 Å². The van der Waals surface area contributed by atoms with Gasteiger partial charge in [0.15, 0.2) is 5.11 Å². The molecule has 80 valence electrons. The largest absolute Gasteiger partial charge is 0.375 e. The zero-order valence-electron chi connectivity index (χ0n) is 9.05. The fourth-order valence-corrected chi connectivity index (χ4v) is 1.91. The van der Waals surface area contributed by atoms with Crippen molar-refractivity contribution >= 4 is 36.4 Å². The van der Waals surface area contributed by atoms with E-state index < -0.39 is 0 Å². The van der Waals surface area contributed by atoms with Crippen LogP contribution in [0.3, 0.4) is 0 Å². The molecule has 2 rings (SSSR count). The van der Waals surface area contributed by atoms with Crippen LogP contribution in [0.1, 0.15) is 12.5 Å². The van der Waals surface area contributed by atoms with Gasteiger partial charge in [-0.05, 0) is 17.8 Å². The van der Waals surface area contributed by atoms with Gasteiger partial charge in [-0.25, -0.2) is 5.01 Å². The molecule has 1 aliphatic rings. The highest BCUT2D eigenvalue weighted by atomic mass is 32.1. The smallest absolute Gasteiger partial charge is 0.186 e. The Hall–Kier alpha value is -1.36. The van der Waals surface area contributed by atoms with Crippen molar-refractivity contribution in [2.24, 2.45) is 16.8 Å². The highest BCUT2D eigenvalue weighted by Gasteiger charge is 2.24.